The third-order valence-corrected chi connectivity index (χ3v) is 5.08. The third kappa shape index (κ3) is 8.91. The van der Waals surface area contributed by atoms with Gasteiger partial charge < -0.3 is 26.6 Å². The number of carbonyl (C=O) groups excluding carboxylic acids is 5. The van der Waals surface area contributed by atoms with E-state index in [9.17, 15) is 24.0 Å². The molecule has 33 heavy (non-hydrogen) atoms. The van der Waals surface area contributed by atoms with E-state index in [2.05, 4.69) is 16.0 Å². The Balaban J connectivity index is 2.87. The molecule has 10 heteroatoms. The number of nitrogens with zero attached hydrogens (tertiary/aromatic N) is 1. The Morgan fingerprint density at radius 2 is 1.58 bits per heavy atom. The fourth-order valence-electron chi connectivity index (χ4n) is 3.25. The molecule has 182 valence electrons. The van der Waals surface area contributed by atoms with Gasteiger partial charge in [-0.25, -0.2) is 0 Å². The van der Waals surface area contributed by atoms with Crippen molar-refractivity contribution >= 4 is 30.0 Å². The molecule has 0 saturated carbocycles. The fourth-order valence-corrected chi connectivity index (χ4v) is 3.25. The van der Waals surface area contributed by atoms with Crippen LogP contribution in [-0.4, -0.2) is 65.7 Å². The van der Waals surface area contributed by atoms with Crippen LogP contribution in [0.2, 0.25) is 0 Å². The van der Waals surface area contributed by atoms with Crippen molar-refractivity contribution in [3.63, 3.8) is 0 Å². The van der Waals surface area contributed by atoms with Crippen LogP contribution in [0.5, 0.6) is 0 Å². The molecule has 0 heterocycles. The molecular formula is C23H35N5O5. The van der Waals surface area contributed by atoms with Gasteiger partial charge in [-0.1, -0.05) is 44.2 Å². The lowest BCUT2D eigenvalue weighted by molar-refractivity contribution is -0.137. The Hall–Kier alpha value is -3.43. The summed E-state index contributed by atoms with van der Waals surface area (Å²) in [6.07, 6.45) is 0.799. The zero-order chi connectivity index (χ0) is 25.1. The zero-order valence-electron chi connectivity index (χ0n) is 19.8. The van der Waals surface area contributed by atoms with E-state index in [4.69, 9.17) is 5.73 Å². The van der Waals surface area contributed by atoms with Crippen molar-refractivity contribution in [2.75, 3.05) is 6.54 Å². The number of nitrogens with two attached hydrogens (primary N) is 1. The van der Waals surface area contributed by atoms with E-state index >= 15 is 0 Å². The smallest absolute Gasteiger partial charge is 0.243 e. The minimum absolute atomic E-state index is 0.174. The van der Waals surface area contributed by atoms with Crippen molar-refractivity contribution in [2.24, 2.45) is 11.7 Å². The van der Waals surface area contributed by atoms with Crippen LogP contribution in [0.3, 0.4) is 0 Å². The highest BCUT2D eigenvalue weighted by molar-refractivity contribution is 5.93. The molecule has 0 fully saturated rings. The summed E-state index contributed by atoms with van der Waals surface area (Å²) in [5, 5.41) is 7.62. The van der Waals surface area contributed by atoms with Crippen LogP contribution in [0, 0.1) is 5.92 Å². The van der Waals surface area contributed by atoms with E-state index in [0.29, 0.717) is 6.41 Å². The van der Waals surface area contributed by atoms with Gasteiger partial charge in [0.2, 0.25) is 30.0 Å². The summed E-state index contributed by atoms with van der Waals surface area (Å²) in [6.45, 7) is 8.28. The predicted octanol–water partition coefficient (Wildman–Crippen LogP) is -0.288. The van der Waals surface area contributed by atoms with E-state index in [1.165, 1.54) is 11.8 Å². The molecule has 1 aromatic rings. The molecule has 0 aromatic heterocycles. The molecule has 0 spiro atoms. The summed E-state index contributed by atoms with van der Waals surface area (Å²) in [6, 6.07) is 6.21. The number of primary amides is 1. The van der Waals surface area contributed by atoms with E-state index in [-0.39, 0.29) is 24.9 Å². The Bertz CT molecular complexity index is 828. The van der Waals surface area contributed by atoms with Crippen molar-refractivity contribution in [2.45, 2.75) is 65.2 Å². The first-order chi connectivity index (χ1) is 15.5. The van der Waals surface area contributed by atoms with Gasteiger partial charge in [0, 0.05) is 12.5 Å². The highest BCUT2D eigenvalue weighted by Gasteiger charge is 2.30. The van der Waals surface area contributed by atoms with Gasteiger partial charge in [0.15, 0.2) is 0 Å². The standard InChI is InChI=1S/C23H35N5O5/c1-14(2)20(28(13-29)15(3)4)23(33)25-12-19(30)27-18(11-17-9-7-6-8-10-17)22(32)26-16(5)21(24)31/h6-10,13-16,18,20H,11-12H2,1-5H3,(H2,24,31)(H,25,33)(H,26,32)(H,27,30)/t16-,18?,20?/m1/s1. The predicted molar refractivity (Wildman–Crippen MR) is 124 cm³/mol. The molecule has 0 aliphatic heterocycles. The number of carbonyl (C=O) groups is 5. The molecule has 0 radical (unpaired) electrons. The molecule has 0 aliphatic carbocycles. The molecular weight excluding hydrogens is 426 g/mol. The Morgan fingerprint density at radius 3 is 2.06 bits per heavy atom. The lowest BCUT2D eigenvalue weighted by Crippen LogP contribution is -2.56. The maximum absolute atomic E-state index is 12.7. The average molecular weight is 462 g/mol. The SMILES string of the molecule is CC(C)C(C(=O)NCC(=O)NC(Cc1ccccc1)C(=O)N[C@H](C)C(N)=O)N(C=O)C(C)C. The van der Waals surface area contributed by atoms with Crippen LogP contribution < -0.4 is 21.7 Å². The van der Waals surface area contributed by atoms with Crippen LogP contribution in [0.25, 0.3) is 0 Å². The number of hydrogen-bond donors (Lipinski definition) is 4. The second kappa shape index (κ2) is 13.2. The zero-order valence-corrected chi connectivity index (χ0v) is 19.8. The lowest BCUT2D eigenvalue weighted by atomic mass is 10.0. The van der Waals surface area contributed by atoms with E-state index in [1.54, 1.807) is 38.1 Å². The summed E-state index contributed by atoms with van der Waals surface area (Å²) >= 11 is 0. The first kappa shape index (κ1) is 27.6. The van der Waals surface area contributed by atoms with Crippen LogP contribution >= 0.6 is 0 Å². The summed E-state index contributed by atoms with van der Waals surface area (Å²) in [4.78, 5) is 62.1. The van der Waals surface area contributed by atoms with Crippen molar-refractivity contribution in [3.05, 3.63) is 35.9 Å². The van der Waals surface area contributed by atoms with Gasteiger partial charge in [-0.3, -0.25) is 24.0 Å². The van der Waals surface area contributed by atoms with Gasteiger partial charge in [0.05, 0.1) is 6.54 Å². The van der Waals surface area contributed by atoms with Crippen molar-refractivity contribution in [3.8, 4) is 0 Å². The van der Waals surface area contributed by atoms with Crippen LogP contribution in [0.1, 0.15) is 40.2 Å². The minimum Gasteiger partial charge on any atom is -0.368 e. The number of amides is 5. The summed E-state index contributed by atoms with van der Waals surface area (Å²) in [5.74, 6) is -2.50. The topological polar surface area (TPSA) is 151 Å². The van der Waals surface area contributed by atoms with Gasteiger partial charge >= 0.3 is 0 Å². The maximum atomic E-state index is 12.7. The van der Waals surface area contributed by atoms with Crippen molar-refractivity contribution in [1.82, 2.24) is 20.9 Å². The number of nitrogens with one attached hydrogen (secondary N) is 3. The van der Waals surface area contributed by atoms with E-state index in [1.807, 2.05) is 19.9 Å². The lowest BCUT2D eigenvalue weighted by Gasteiger charge is -2.33. The van der Waals surface area contributed by atoms with Gasteiger partial charge in [0.25, 0.3) is 0 Å². The quantitative estimate of drug-likeness (QED) is 0.298. The Morgan fingerprint density at radius 1 is 0.970 bits per heavy atom. The molecule has 0 aliphatic rings. The second-order valence-corrected chi connectivity index (χ2v) is 8.50. The molecule has 1 aromatic carbocycles. The van der Waals surface area contributed by atoms with Gasteiger partial charge in [-0.05, 0) is 32.3 Å². The highest BCUT2D eigenvalue weighted by atomic mass is 16.2. The van der Waals surface area contributed by atoms with Gasteiger partial charge in [0.1, 0.15) is 18.1 Å². The van der Waals surface area contributed by atoms with E-state index in [0.717, 1.165) is 5.56 Å². The molecule has 0 bridgehead atoms. The summed E-state index contributed by atoms with van der Waals surface area (Å²) in [7, 11) is 0. The molecule has 1 rings (SSSR count). The minimum atomic E-state index is -0.985. The van der Waals surface area contributed by atoms with Gasteiger partial charge in [-0.15, -0.1) is 0 Å². The largest absolute Gasteiger partial charge is 0.368 e. The average Bonchev–Trinajstić information content (AvgIpc) is 2.75. The highest BCUT2D eigenvalue weighted by Crippen LogP contribution is 2.12. The number of hydrogen-bond acceptors (Lipinski definition) is 5. The molecule has 5 N–H and O–H groups in total. The van der Waals surface area contributed by atoms with Crippen molar-refractivity contribution < 1.29 is 24.0 Å². The normalized spacial score (nSPS) is 13.5. The monoisotopic (exact) mass is 461 g/mol. The molecule has 2 unspecified atom stereocenters. The first-order valence-electron chi connectivity index (χ1n) is 10.9. The summed E-state index contributed by atoms with van der Waals surface area (Å²) < 4.78 is 0. The van der Waals surface area contributed by atoms with Crippen molar-refractivity contribution in [1.29, 1.82) is 0 Å². The molecule has 3 atom stereocenters. The second-order valence-electron chi connectivity index (χ2n) is 8.50. The van der Waals surface area contributed by atoms with Crippen LogP contribution in [0.15, 0.2) is 30.3 Å². The van der Waals surface area contributed by atoms with Crippen LogP contribution in [0.4, 0.5) is 0 Å². The number of benzene rings is 1. The van der Waals surface area contributed by atoms with Gasteiger partial charge in [-0.2, -0.15) is 0 Å². The van der Waals surface area contributed by atoms with Crippen LogP contribution in [-0.2, 0) is 30.4 Å². The molecule has 10 nitrogen and oxygen atoms in total. The Labute approximate surface area is 194 Å². The maximum Gasteiger partial charge on any atom is 0.243 e. The number of rotatable bonds is 13. The summed E-state index contributed by atoms with van der Waals surface area (Å²) in [5.41, 5.74) is 6.01. The Kier molecular flexibility index (Phi) is 11.0. The first-order valence-corrected chi connectivity index (χ1v) is 10.9. The molecule has 5 amide bonds. The third-order valence-electron chi connectivity index (χ3n) is 5.08. The fraction of sp³-hybridized carbons (Fsp3) is 0.522. The molecule has 0 saturated heterocycles. The van der Waals surface area contributed by atoms with E-state index < -0.39 is 41.8 Å².